The van der Waals surface area contributed by atoms with Gasteiger partial charge in [-0.25, -0.2) is 0 Å². The fourth-order valence-electron chi connectivity index (χ4n) is 3.38. The fraction of sp³-hybridized carbons (Fsp3) is 0.389. The minimum atomic E-state index is -0.198. The van der Waals surface area contributed by atoms with E-state index in [4.69, 9.17) is 4.74 Å². The first-order valence-electron chi connectivity index (χ1n) is 8.10. The van der Waals surface area contributed by atoms with Crippen molar-refractivity contribution in [3.8, 4) is 0 Å². The van der Waals surface area contributed by atoms with Crippen LogP contribution >= 0.6 is 0 Å². The monoisotopic (exact) mass is 309 g/mol. The molecule has 1 fully saturated rings. The highest BCUT2D eigenvalue weighted by atomic mass is 16.5. The summed E-state index contributed by atoms with van der Waals surface area (Å²) in [6.07, 6.45) is 8.21. The normalized spacial score (nSPS) is 20.3. The lowest BCUT2D eigenvalue weighted by molar-refractivity contribution is -0.0249. The summed E-state index contributed by atoms with van der Waals surface area (Å²) in [5.74, 6) is 0.0805. The lowest BCUT2D eigenvalue weighted by atomic mass is 10.0. The Labute approximate surface area is 135 Å². The van der Waals surface area contributed by atoms with E-state index in [2.05, 4.69) is 22.1 Å². The molecule has 1 aliphatic carbocycles. The third-order valence-corrected chi connectivity index (χ3v) is 4.61. The smallest absolute Gasteiger partial charge is 0.254 e. The molecule has 1 aromatic heterocycles. The Morgan fingerprint density at radius 1 is 1.22 bits per heavy atom. The van der Waals surface area contributed by atoms with Crippen molar-refractivity contribution < 1.29 is 9.53 Å². The van der Waals surface area contributed by atoms with Crippen LogP contribution in [0.4, 0.5) is 0 Å². The van der Waals surface area contributed by atoms with E-state index in [9.17, 15) is 4.79 Å². The van der Waals surface area contributed by atoms with Gasteiger partial charge in [-0.05, 0) is 42.5 Å². The van der Waals surface area contributed by atoms with Gasteiger partial charge < -0.3 is 9.64 Å². The molecule has 4 rings (SSSR count). The highest BCUT2D eigenvalue weighted by Gasteiger charge is 2.27. The zero-order chi connectivity index (χ0) is 15.6. The van der Waals surface area contributed by atoms with E-state index in [0.717, 1.165) is 24.1 Å². The van der Waals surface area contributed by atoms with Crippen LogP contribution < -0.4 is 0 Å². The Balaban J connectivity index is 1.52. The topological polar surface area (TPSA) is 55.3 Å². The third-order valence-electron chi connectivity index (χ3n) is 4.61. The van der Waals surface area contributed by atoms with Crippen molar-refractivity contribution in [3.05, 3.63) is 59.2 Å². The molecule has 1 saturated heterocycles. The maximum atomic E-state index is 12.8. The molecule has 0 N–H and O–H groups in total. The number of ether oxygens (including phenoxy) is 1. The van der Waals surface area contributed by atoms with E-state index in [-0.39, 0.29) is 12.0 Å². The maximum absolute atomic E-state index is 12.8. The molecule has 2 heterocycles. The lowest BCUT2D eigenvalue weighted by Gasteiger charge is -2.32. The van der Waals surface area contributed by atoms with Crippen molar-refractivity contribution in [2.24, 2.45) is 0 Å². The number of aryl methyl sites for hydroxylation is 2. The van der Waals surface area contributed by atoms with Crippen molar-refractivity contribution >= 4 is 5.91 Å². The predicted molar refractivity (Wildman–Crippen MR) is 85.1 cm³/mol. The van der Waals surface area contributed by atoms with E-state index < -0.39 is 0 Å². The maximum Gasteiger partial charge on any atom is 0.254 e. The molecular weight excluding hydrogens is 290 g/mol. The number of rotatable bonds is 2. The van der Waals surface area contributed by atoms with Crippen LogP contribution in [0.3, 0.4) is 0 Å². The summed E-state index contributed by atoms with van der Waals surface area (Å²) in [5.41, 5.74) is 4.28. The van der Waals surface area contributed by atoms with Gasteiger partial charge in [0.1, 0.15) is 6.10 Å². The molecule has 0 radical (unpaired) electrons. The van der Waals surface area contributed by atoms with Crippen LogP contribution in [-0.2, 0) is 17.6 Å². The highest BCUT2D eigenvalue weighted by Crippen LogP contribution is 2.25. The average Bonchev–Trinajstić information content (AvgIpc) is 3.09. The van der Waals surface area contributed by atoms with Gasteiger partial charge in [0.15, 0.2) is 0 Å². The molecule has 2 aliphatic rings. The first-order chi connectivity index (χ1) is 11.3. The summed E-state index contributed by atoms with van der Waals surface area (Å²) in [6, 6.07) is 6.13. The predicted octanol–water partition coefficient (Wildman–Crippen LogP) is 2.18. The molecule has 0 saturated carbocycles. The summed E-state index contributed by atoms with van der Waals surface area (Å²) < 4.78 is 5.76. The van der Waals surface area contributed by atoms with Crippen LogP contribution in [0.25, 0.3) is 0 Å². The second-order valence-electron chi connectivity index (χ2n) is 6.08. The van der Waals surface area contributed by atoms with Crippen LogP contribution in [0, 0.1) is 0 Å². The number of aromatic nitrogens is 2. The van der Waals surface area contributed by atoms with Gasteiger partial charge in [0.2, 0.25) is 0 Å². The molecule has 2 aromatic rings. The first kappa shape index (κ1) is 14.3. The lowest BCUT2D eigenvalue weighted by Crippen LogP contribution is -2.42. The van der Waals surface area contributed by atoms with Gasteiger partial charge in [0, 0.05) is 24.5 Å². The standard InChI is InChI=1S/C18H19N3O2/c22-18(15-5-4-13-2-1-3-14(13)10-15)21-8-9-23-17(12-21)16-11-19-6-7-20-16/h4-7,10-11,17H,1-3,8-9,12H2/t17-/m1/s1. The molecule has 1 atom stereocenters. The number of hydrogen-bond donors (Lipinski definition) is 0. The van der Waals surface area contributed by atoms with Gasteiger partial charge >= 0.3 is 0 Å². The number of nitrogens with zero attached hydrogens (tertiary/aromatic N) is 3. The van der Waals surface area contributed by atoms with Gasteiger partial charge in [0.05, 0.1) is 25.0 Å². The summed E-state index contributed by atoms with van der Waals surface area (Å²) in [4.78, 5) is 23.0. The summed E-state index contributed by atoms with van der Waals surface area (Å²) >= 11 is 0. The summed E-state index contributed by atoms with van der Waals surface area (Å²) in [5, 5.41) is 0. The van der Waals surface area contributed by atoms with E-state index >= 15 is 0 Å². The zero-order valence-corrected chi connectivity index (χ0v) is 12.9. The molecular formula is C18H19N3O2. The van der Waals surface area contributed by atoms with Gasteiger partial charge in [-0.2, -0.15) is 0 Å². The van der Waals surface area contributed by atoms with Crippen LogP contribution in [0.15, 0.2) is 36.8 Å². The van der Waals surface area contributed by atoms with E-state index in [1.807, 2.05) is 11.0 Å². The zero-order valence-electron chi connectivity index (χ0n) is 12.9. The Bertz CT molecular complexity index is 717. The molecule has 118 valence electrons. The van der Waals surface area contributed by atoms with Crippen molar-refractivity contribution in [2.75, 3.05) is 19.7 Å². The SMILES string of the molecule is O=C(c1ccc2c(c1)CCC2)N1CCO[C@@H](c2cnccn2)C1. The number of amides is 1. The van der Waals surface area contributed by atoms with Crippen LogP contribution in [0.1, 0.15) is 39.7 Å². The van der Waals surface area contributed by atoms with Crippen molar-refractivity contribution in [1.29, 1.82) is 0 Å². The van der Waals surface area contributed by atoms with E-state index in [1.165, 1.54) is 17.5 Å². The molecule has 1 aromatic carbocycles. The number of carbonyl (C=O) groups excluding carboxylic acids is 1. The first-order valence-corrected chi connectivity index (χ1v) is 8.10. The molecule has 5 nitrogen and oxygen atoms in total. The Morgan fingerprint density at radius 2 is 2.13 bits per heavy atom. The third kappa shape index (κ3) is 2.84. The minimum Gasteiger partial charge on any atom is -0.368 e. The number of carbonyl (C=O) groups is 1. The van der Waals surface area contributed by atoms with Crippen LogP contribution in [0.5, 0.6) is 0 Å². The second-order valence-corrected chi connectivity index (χ2v) is 6.08. The second kappa shape index (κ2) is 6.08. The molecule has 1 amide bonds. The van der Waals surface area contributed by atoms with Crippen molar-refractivity contribution in [1.82, 2.24) is 14.9 Å². The largest absolute Gasteiger partial charge is 0.368 e. The molecule has 1 aliphatic heterocycles. The molecule has 0 bridgehead atoms. The van der Waals surface area contributed by atoms with Gasteiger partial charge in [-0.15, -0.1) is 0 Å². The van der Waals surface area contributed by atoms with Crippen LogP contribution in [0.2, 0.25) is 0 Å². The van der Waals surface area contributed by atoms with E-state index in [0.29, 0.717) is 19.7 Å². The summed E-state index contributed by atoms with van der Waals surface area (Å²) in [7, 11) is 0. The van der Waals surface area contributed by atoms with Gasteiger partial charge in [0.25, 0.3) is 5.91 Å². The molecule has 5 heteroatoms. The Kier molecular flexibility index (Phi) is 3.79. The van der Waals surface area contributed by atoms with Crippen LogP contribution in [-0.4, -0.2) is 40.5 Å². The van der Waals surface area contributed by atoms with Crippen molar-refractivity contribution in [2.45, 2.75) is 25.4 Å². The number of morpholine rings is 1. The molecule has 23 heavy (non-hydrogen) atoms. The molecule has 0 unspecified atom stereocenters. The van der Waals surface area contributed by atoms with Crippen molar-refractivity contribution in [3.63, 3.8) is 0 Å². The van der Waals surface area contributed by atoms with Gasteiger partial charge in [-0.3, -0.25) is 14.8 Å². The minimum absolute atomic E-state index is 0.0805. The number of benzene rings is 1. The Hall–Kier alpha value is -2.27. The average molecular weight is 309 g/mol. The molecule has 0 spiro atoms. The quantitative estimate of drug-likeness (QED) is 0.853. The number of fused-ring (bicyclic) bond motifs is 1. The fourth-order valence-corrected chi connectivity index (χ4v) is 3.38. The van der Waals surface area contributed by atoms with E-state index in [1.54, 1.807) is 18.6 Å². The van der Waals surface area contributed by atoms with Gasteiger partial charge in [-0.1, -0.05) is 6.07 Å². The summed E-state index contributed by atoms with van der Waals surface area (Å²) in [6.45, 7) is 1.67. The highest BCUT2D eigenvalue weighted by molar-refractivity contribution is 5.94. The Morgan fingerprint density at radius 3 is 3.00 bits per heavy atom. The number of hydrogen-bond acceptors (Lipinski definition) is 4.